The highest BCUT2D eigenvalue weighted by Gasteiger charge is 2.10. The second-order valence-corrected chi connectivity index (χ2v) is 3.36. The third kappa shape index (κ3) is 2.13. The molecule has 0 fully saturated rings. The number of hydrogen-bond donors (Lipinski definition) is 0. The summed E-state index contributed by atoms with van der Waals surface area (Å²) in [5.74, 6) is 0.792. The molecule has 0 aliphatic heterocycles. The van der Waals surface area contributed by atoms with Gasteiger partial charge in [-0.1, -0.05) is 0 Å². The van der Waals surface area contributed by atoms with Crippen LogP contribution in [0.2, 0.25) is 0 Å². The zero-order valence-electron chi connectivity index (χ0n) is 9.00. The molecule has 2 heterocycles. The Morgan fingerprint density at radius 2 is 2.25 bits per heavy atom. The highest BCUT2D eigenvalue weighted by atomic mass is 16.1. The summed E-state index contributed by atoms with van der Waals surface area (Å²) in [6.07, 6.45) is 6.86. The molecule has 0 radical (unpaired) electrons. The highest BCUT2D eigenvalue weighted by Crippen LogP contribution is 2.04. The van der Waals surface area contributed by atoms with Crippen molar-refractivity contribution in [3.63, 3.8) is 0 Å². The van der Waals surface area contributed by atoms with Crippen LogP contribution in [0.1, 0.15) is 23.1 Å². The normalized spacial score (nSPS) is 10.3. The molecule has 0 unspecified atom stereocenters. The summed E-state index contributed by atoms with van der Waals surface area (Å²) in [7, 11) is 0. The molecule has 0 aliphatic carbocycles. The van der Waals surface area contributed by atoms with Crippen molar-refractivity contribution in [2.45, 2.75) is 19.9 Å². The second kappa shape index (κ2) is 4.65. The van der Waals surface area contributed by atoms with E-state index in [4.69, 9.17) is 0 Å². The molecule has 0 bridgehead atoms. The van der Waals surface area contributed by atoms with E-state index in [0.29, 0.717) is 12.0 Å². The number of aryl methyl sites for hydroxylation is 1. The van der Waals surface area contributed by atoms with Crippen molar-refractivity contribution < 1.29 is 4.79 Å². The molecule has 0 aromatic carbocycles. The average Bonchev–Trinajstić information content (AvgIpc) is 2.77. The van der Waals surface area contributed by atoms with Gasteiger partial charge in [-0.15, -0.1) is 0 Å². The first-order valence-electron chi connectivity index (χ1n) is 5.11. The molecule has 2 aromatic heterocycles. The molecule has 0 N–H and O–H groups in total. The Labute approximate surface area is 93.2 Å². The lowest BCUT2D eigenvalue weighted by Crippen LogP contribution is -2.09. The fourth-order valence-corrected chi connectivity index (χ4v) is 1.50. The van der Waals surface area contributed by atoms with Crippen LogP contribution in [0.25, 0.3) is 0 Å². The van der Waals surface area contributed by atoms with Crippen molar-refractivity contribution >= 4 is 5.78 Å². The van der Waals surface area contributed by atoms with E-state index in [9.17, 15) is 4.79 Å². The third-order valence-electron chi connectivity index (χ3n) is 2.37. The number of imidazole rings is 1. The van der Waals surface area contributed by atoms with E-state index >= 15 is 0 Å². The molecular formula is C11H12N4O. The van der Waals surface area contributed by atoms with Gasteiger partial charge in [0.15, 0.2) is 5.78 Å². The predicted octanol–water partition coefficient (Wildman–Crippen LogP) is 1.12. The van der Waals surface area contributed by atoms with E-state index < -0.39 is 0 Å². The van der Waals surface area contributed by atoms with Crippen LogP contribution in [-0.2, 0) is 13.0 Å². The lowest BCUT2D eigenvalue weighted by atomic mass is 10.1. The van der Waals surface area contributed by atoms with Crippen molar-refractivity contribution in [3.8, 4) is 0 Å². The van der Waals surface area contributed by atoms with Crippen LogP contribution in [0.4, 0.5) is 0 Å². The molecule has 2 rings (SSSR count). The summed E-state index contributed by atoms with van der Waals surface area (Å²) in [5.41, 5.74) is 0.570. The molecule has 0 saturated carbocycles. The van der Waals surface area contributed by atoms with Crippen molar-refractivity contribution in [3.05, 3.63) is 42.2 Å². The molecule has 0 atom stereocenters. The van der Waals surface area contributed by atoms with E-state index in [1.807, 2.05) is 17.7 Å². The number of hydrogen-bond acceptors (Lipinski definition) is 4. The second-order valence-electron chi connectivity index (χ2n) is 3.36. The highest BCUT2D eigenvalue weighted by molar-refractivity contribution is 5.96. The van der Waals surface area contributed by atoms with Crippen LogP contribution in [0.3, 0.4) is 0 Å². The smallest absolute Gasteiger partial charge is 0.172 e. The van der Waals surface area contributed by atoms with Crippen molar-refractivity contribution in [2.75, 3.05) is 0 Å². The fourth-order valence-electron chi connectivity index (χ4n) is 1.50. The first-order chi connectivity index (χ1) is 7.81. The van der Waals surface area contributed by atoms with Gasteiger partial charge in [-0.05, 0) is 13.0 Å². The van der Waals surface area contributed by atoms with Gasteiger partial charge in [0, 0.05) is 24.5 Å². The first kappa shape index (κ1) is 10.5. The molecule has 5 heteroatoms. The van der Waals surface area contributed by atoms with Crippen LogP contribution in [-0.4, -0.2) is 25.5 Å². The van der Waals surface area contributed by atoms with Crippen LogP contribution in [0, 0.1) is 0 Å². The molecule has 5 nitrogen and oxygen atoms in total. The summed E-state index contributed by atoms with van der Waals surface area (Å²) in [6.45, 7) is 2.83. The summed E-state index contributed by atoms with van der Waals surface area (Å²) >= 11 is 0. The lowest BCUT2D eigenvalue weighted by molar-refractivity contribution is 0.0989. The minimum Gasteiger partial charge on any atom is -0.335 e. The van der Waals surface area contributed by atoms with E-state index in [1.165, 1.54) is 12.4 Å². The standard InChI is InChI=1S/C11H12N4O/c1-2-15-6-5-12-11(15)7-10(16)9-3-4-13-14-8-9/h3-6,8H,2,7H2,1H3. The molecule has 0 saturated heterocycles. The molecule has 16 heavy (non-hydrogen) atoms. The fraction of sp³-hybridized carbons (Fsp3) is 0.273. The van der Waals surface area contributed by atoms with E-state index in [0.717, 1.165) is 12.4 Å². The topological polar surface area (TPSA) is 60.7 Å². The van der Waals surface area contributed by atoms with Crippen molar-refractivity contribution in [1.29, 1.82) is 0 Å². The quantitative estimate of drug-likeness (QED) is 0.718. The number of nitrogens with zero attached hydrogens (tertiary/aromatic N) is 4. The number of Topliss-reactive ketones (excluding diaryl/α,β-unsaturated/α-hetero) is 1. The van der Waals surface area contributed by atoms with Gasteiger partial charge in [0.1, 0.15) is 5.82 Å². The van der Waals surface area contributed by atoms with Gasteiger partial charge in [0.25, 0.3) is 0 Å². The molecule has 0 amide bonds. The van der Waals surface area contributed by atoms with Gasteiger partial charge >= 0.3 is 0 Å². The van der Waals surface area contributed by atoms with Crippen LogP contribution >= 0.6 is 0 Å². The van der Waals surface area contributed by atoms with Crippen molar-refractivity contribution in [1.82, 2.24) is 19.7 Å². The zero-order valence-corrected chi connectivity index (χ0v) is 9.00. The Kier molecular flexibility index (Phi) is 3.05. The number of aromatic nitrogens is 4. The summed E-state index contributed by atoms with van der Waals surface area (Å²) in [5, 5.41) is 7.32. The van der Waals surface area contributed by atoms with Gasteiger partial charge in [0.05, 0.1) is 18.8 Å². The summed E-state index contributed by atoms with van der Waals surface area (Å²) in [4.78, 5) is 16.0. The Morgan fingerprint density at radius 3 is 2.94 bits per heavy atom. The Balaban J connectivity index is 2.14. The van der Waals surface area contributed by atoms with Gasteiger partial charge in [-0.3, -0.25) is 4.79 Å². The maximum atomic E-state index is 11.9. The molecular weight excluding hydrogens is 204 g/mol. The van der Waals surface area contributed by atoms with E-state index in [1.54, 1.807) is 12.3 Å². The number of ketones is 1. The van der Waals surface area contributed by atoms with Gasteiger partial charge < -0.3 is 4.57 Å². The third-order valence-corrected chi connectivity index (χ3v) is 2.37. The van der Waals surface area contributed by atoms with Crippen LogP contribution in [0.15, 0.2) is 30.9 Å². The monoisotopic (exact) mass is 216 g/mol. The molecule has 2 aromatic rings. The number of rotatable bonds is 4. The SMILES string of the molecule is CCn1ccnc1CC(=O)c1ccnnc1. The van der Waals surface area contributed by atoms with Crippen LogP contribution < -0.4 is 0 Å². The van der Waals surface area contributed by atoms with E-state index in [-0.39, 0.29) is 5.78 Å². The van der Waals surface area contributed by atoms with Gasteiger partial charge in [0.2, 0.25) is 0 Å². The van der Waals surface area contributed by atoms with Gasteiger partial charge in [-0.25, -0.2) is 4.98 Å². The maximum absolute atomic E-state index is 11.9. The maximum Gasteiger partial charge on any atom is 0.172 e. The zero-order chi connectivity index (χ0) is 11.4. The lowest BCUT2D eigenvalue weighted by Gasteiger charge is -2.03. The average molecular weight is 216 g/mol. The largest absolute Gasteiger partial charge is 0.335 e. The number of carbonyl (C=O) groups is 1. The predicted molar refractivity (Wildman–Crippen MR) is 58.0 cm³/mol. The Hall–Kier alpha value is -2.04. The Bertz CT molecular complexity index is 478. The van der Waals surface area contributed by atoms with Gasteiger partial charge in [-0.2, -0.15) is 10.2 Å². The van der Waals surface area contributed by atoms with Crippen LogP contribution in [0.5, 0.6) is 0 Å². The molecule has 0 spiro atoms. The first-order valence-corrected chi connectivity index (χ1v) is 5.11. The minimum atomic E-state index is 0.0100. The summed E-state index contributed by atoms with van der Waals surface area (Å²) in [6, 6.07) is 1.66. The minimum absolute atomic E-state index is 0.0100. The summed E-state index contributed by atoms with van der Waals surface area (Å²) < 4.78 is 1.95. The molecule has 82 valence electrons. The van der Waals surface area contributed by atoms with Crippen molar-refractivity contribution in [2.24, 2.45) is 0 Å². The number of carbonyl (C=O) groups excluding carboxylic acids is 1. The molecule has 0 aliphatic rings. The van der Waals surface area contributed by atoms with E-state index in [2.05, 4.69) is 15.2 Å². The Morgan fingerprint density at radius 1 is 1.38 bits per heavy atom.